The van der Waals surface area contributed by atoms with Gasteiger partial charge in [0.1, 0.15) is 0 Å². The van der Waals surface area contributed by atoms with E-state index in [-0.39, 0.29) is 17.9 Å². The standard InChI is InChI=1S/C21H33N3O2/c1-23(15-17-5-3-2-4-6-17)16-18-7-11-24(12-8-18)21(25)20(22)19-9-13-26-14-10-19/h2-6,18-20H,7-16,22H2,1H3. The second-order valence-electron chi connectivity index (χ2n) is 7.93. The predicted molar refractivity (Wildman–Crippen MR) is 104 cm³/mol. The van der Waals surface area contributed by atoms with Crippen LogP contribution in [0.15, 0.2) is 30.3 Å². The molecule has 2 aliphatic heterocycles. The van der Waals surface area contributed by atoms with Crippen LogP contribution in [0.3, 0.4) is 0 Å². The molecule has 144 valence electrons. The van der Waals surface area contributed by atoms with Gasteiger partial charge in [0, 0.05) is 39.4 Å². The van der Waals surface area contributed by atoms with Crippen molar-refractivity contribution >= 4 is 5.91 Å². The summed E-state index contributed by atoms with van der Waals surface area (Å²) in [4.78, 5) is 17.1. The van der Waals surface area contributed by atoms with Gasteiger partial charge in [0.25, 0.3) is 0 Å². The van der Waals surface area contributed by atoms with Gasteiger partial charge in [0.15, 0.2) is 0 Å². The van der Waals surface area contributed by atoms with Gasteiger partial charge in [-0.3, -0.25) is 4.79 Å². The van der Waals surface area contributed by atoms with E-state index in [9.17, 15) is 4.79 Å². The van der Waals surface area contributed by atoms with E-state index in [2.05, 4.69) is 42.3 Å². The van der Waals surface area contributed by atoms with Crippen molar-refractivity contribution in [3.63, 3.8) is 0 Å². The monoisotopic (exact) mass is 359 g/mol. The molecule has 2 aliphatic rings. The largest absolute Gasteiger partial charge is 0.381 e. The average molecular weight is 360 g/mol. The van der Waals surface area contributed by atoms with E-state index in [1.165, 1.54) is 5.56 Å². The third-order valence-corrected chi connectivity index (χ3v) is 5.85. The van der Waals surface area contributed by atoms with Crippen molar-refractivity contribution < 1.29 is 9.53 Å². The summed E-state index contributed by atoms with van der Waals surface area (Å²) >= 11 is 0. The number of benzene rings is 1. The molecule has 1 atom stereocenters. The lowest BCUT2D eigenvalue weighted by molar-refractivity contribution is -0.136. The molecule has 0 saturated carbocycles. The van der Waals surface area contributed by atoms with Crippen LogP contribution >= 0.6 is 0 Å². The maximum absolute atomic E-state index is 12.7. The Morgan fingerprint density at radius 2 is 1.85 bits per heavy atom. The Morgan fingerprint density at radius 3 is 2.50 bits per heavy atom. The fraction of sp³-hybridized carbons (Fsp3) is 0.667. The quantitative estimate of drug-likeness (QED) is 0.845. The van der Waals surface area contributed by atoms with Gasteiger partial charge in [0.05, 0.1) is 6.04 Å². The molecule has 1 unspecified atom stereocenters. The molecule has 5 heteroatoms. The van der Waals surface area contributed by atoms with Gasteiger partial charge in [-0.25, -0.2) is 0 Å². The molecule has 2 N–H and O–H groups in total. The maximum atomic E-state index is 12.7. The molecule has 26 heavy (non-hydrogen) atoms. The molecular weight excluding hydrogens is 326 g/mol. The molecule has 1 aromatic carbocycles. The van der Waals surface area contributed by atoms with Crippen LogP contribution in [0.1, 0.15) is 31.2 Å². The van der Waals surface area contributed by atoms with Gasteiger partial charge in [-0.15, -0.1) is 0 Å². The van der Waals surface area contributed by atoms with E-state index in [4.69, 9.17) is 10.5 Å². The van der Waals surface area contributed by atoms with Crippen molar-refractivity contribution in [2.24, 2.45) is 17.6 Å². The predicted octanol–water partition coefficient (Wildman–Crippen LogP) is 2.11. The molecule has 2 fully saturated rings. The van der Waals surface area contributed by atoms with E-state index >= 15 is 0 Å². The van der Waals surface area contributed by atoms with Crippen molar-refractivity contribution in [2.45, 2.75) is 38.3 Å². The lowest BCUT2D eigenvalue weighted by atomic mass is 9.90. The first-order valence-corrected chi connectivity index (χ1v) is 9.98. The number of hydrogen-bond donors (Lipinski definition) is 1. The first kappa shape index (κ1) is 19.3. The van der Waals surface area contributed by atoms with Crippen LogP contribution in [0, 0.1) is 11.8 Å². The highest BCUT2D eigenvalue weighted by molar-refractivity contribution is 5.82. The van der Waals surface area contributed by atoms with Gasteiger partial charge in [-0.05, 0) is 50.1 Å². The zero-order chi connectivity index (χ0) is 18.4. The molecule has 1 amide bonds. The average Bonchev–Trinajstić information content (AvgIpc) is 2.69. The summed E-state index contributed by atoms with van der Waals surface area (Å²) in [7, 11) is 2.19. The van der Waals surface area contributed by atoms with Crippen LogP contribution in [-0.4, -0.2) is 61.6 Å². The molecule has 0 spiro atoms. The number of carbonyl (C=O) groups excluding carboxylic acids is 1. The molecule has 0 bridgehead atoms. The molecule has 2 saturated heterocycles. The summed E-state index contributed by atoms with van der Waals surface area (Å²) in [6.07, 6.45) is 3.97. The van der Waals surface area contributed by atoms with Crippen LogP contribution in [-0.2, 0) is 16.1 Å². The molecule has 5 nitrogen and oxygen atoms in total. The van der Waals surface area contributed by atoms with Crippen molar-refractivity contribution in [1.29, 1.82) is 0 Å². The SMILES string of the molecule is CN(Cc1ccccc1)CC1CCN(C(=O)C(N)C2CCOCC2)CC1. The van der Waals surface area contributed by atoms with Crippen LogP contribution < -0.4 is 5.73 Å². The van der Waals surface area contributed by atoms with Crippen LogP contribution in [0.2, 0.25) is 0 Å². The lowest BCUT2D eigenvalue weighted by Crippen LogP contribution is -2.51. The summed E-state index contributed by atoms with van der Waals surface area (Å²) in [5, 5.41) is 0. The number of likely N-dealkylation sites (tertiary alicyclic amines) is 1. The number of carbonyl (C=O) groups is 1. The molecule has 1 aromatic rings. The number of nitrogens with zero attached hydrogens (tertiary/aromatic N) is 2. The highest BCUT2D eigenvalue weighted by Crippen LogP contribution is 2.23. The first-order chi connectivity index (χ1) is 12.6. The zero-order valence-corrected chi connectivity index (χ0v) is 16.0. The number of rotatable bonds is 6. The van der Waals surface area contributed by atoms with Gasteiger partial charge in [-0.1, -0.05) is 30.3 Å². The number of ether oxygens (including phenoxy) is 1. The van der Waals surface area contributed by atoms with E-state index in [0.717, 1.165) is 65.1 Å². The second-order valence-corrected chi connectivity index (χ2v) is 7.93. The Balaban J connectivity index is 1.41. The van der Waals surface area contributed by atoms with Gasteiger partial charge in [0.2, 0.25) is 5.91 Å². The second kappa shape index (κ2) is 9.49. The summed E-state index contributed by atoms with van der Waals surface area (Å²) in [5.74, 6) is 1.09. The molecular formula is C21H33N3O2. The molecule has 3 rings (SSSR count). The number of amides is 1. The number of hydrogen-bond acceptors (Lipinski definition) is 4. The number of nitrogens with two attached hydrogens (primary N) is 1. The van der Waals surface area contributed by atoms with E-state index in [1.807, 2.05) is 4.90 Å². The smallest absolute Gasteiger partial charge is 0.239 e. The summed E-state index contributed by atoms with van der Waals surface area (Å²) in [6.45, 7) is 5.24. The Labute approximate surface area is 157 Å². The van der Waals surface area contributed by atoms with E-state index < -0.39 is 0 Å². The highest BCUT2D eigenvalue weighted by Gasteiger charge is 2.32. The van der Waals surface area contributed by atoms with Crippen molar-refractivity contribution in [3.8, 4) is 0 Å². The summed E-state index contributed by atoms with van der Waals surface area (Å²) in [5.41, 5.74) is 7.62. The lowest BCUT2D eigenvalue weighted by Gasteiger charge is -2.37. The van der Waals surface area contributed by atoms with Crippen molar-refractivity contribution in [2.75, 3.05) is 39.9 Å². The zero-order valence-electron chi connectivity index (χ0n) is 16.0. The Hall–Kier alpha value is -1.43. The van der Waals surface area contributed by atoms with Gasteiger partial charge >= 0.3 is 0 Å². The minimum atomic E-state index is -0.351. The van der Waals surface area contributed by atoms with Gasteiger partial charge in [-0.2, -0.15) is 0 Å². The third kappa shape index (κ3) is 5.29. The topological polar surface area (TPSA) is 58.8 Å². The molecule has 0 aliphatic carbocycles. The maximum Gasteiger partial charge on any atom is 0.239 e. The Bertz CT molecular complexity index is 552. The normalized spacial score (nSPS) is 21.1. The fourth-order valence-electron chi connectivity index (χ4n) is 4.22. The molecule has 2 heterocycles. The van der Waals surface area contributed by atoms with E-state index in [1.54, 1.807) is 0 Å². The van der Waals surface area contributed by atoms with Crippen LogP contribution in [0.4, 0.5) is 0 Å². The first-order valence-electron chi connectivity index (χ1n) is 9.98. The highest BCUT2D eigenvalue weighted by atomic mass is 16.5. The van der Waals surface area contributed by atoms with Crippen molar-refractivity contribution in [3.05, 3.63) is 35.9 Å². The summed E-state index contributed by atoms with van der Waals surface area (Å²) < 4.78 is 5.38. The number of piperidine rings is 1. The molecule has 0 aromatic heterocycles. The fourth-order valence-corrected chi connectivity index (χ4v) is 4.22. The Morgan fingerprint density at radius 1 is 1.19 bits per heavy atom. The Kier molecular flexibility index (Phi) is 7.06. The minimum Gasteiger partial charge on any atom is -0.381 e. The van der Waals surface area contributed by atoms with Crippen LogP contribution in [0.25, 0.3) is 0 Å². The summed E-state index contributed by atoms with van der Waals surface area (Å²) in [6, 6.07) is 10.2. The van der Waals surface area contributed by atoms with E-state index in [0.29, 0.717) is 5.92 Å². The van der Waals surface area contributed by atoms with Crippen LogP contribution in [0.5, 0.6) is 0 Å². The molecule has 0 radical (unpaired) electrons. The third-order valence-electron chi connectivity index (χ3n) is 5.85. The van der Waals surface area contributed by atoms with Gasteiger partial charge < -0.3 is 20.3 Å². The van der Waals surface area contributed by atoms with Crippen molar-refractivity contribution in [1.82, 2.24) is 9.80 Å². The minimum absolute atomic E-state index is 0.146.